The minimum atomic E-state index is -0.218. The first-order valence-electron chi connectivity index (χ1n) is 11.7. The van der Waals surface area contributed by atoms with Crippen LogP contribution in [0.15, 0.2) is 24.4 Å². The van der Waals surface area contributed by atoms with Gasteiger partial charge in [-0.25, -0.2) is 9.67 Å². The smallest absolute Gasteiger partial charge is 0.150 e. The number of aromatic nitrogens is 3. The van der Waals surface area contributed by atoms with E-state index in [0.717, 1.165) is 58.2 Å². The van der Waals surface area contributed by atoms with Crippen LogP contribution in [0.2, 0.25) is 0 Å². The van der Waals surface area contributed by atoms with Gasteiger partial charge in [-0.2, -0.15) is 5.10 Å². The fourth-order valence-corrected chi connectivity index (χ4v) is 5.41. The van der Waals surface area contributed by atoms with E-state index in [1.54, 1.807) is 11.3 Å². The molecular weight excluding hydrogens is 438 g/mol. The predicted molar refractivity (Wildman–Crippen MR) is 132 cm³/mol. The number of aliphatic hydroxyl groups is 1. The van der Waals surface area contributed by atoms with Gasteiger partial charge >= 0.3 is 0 Å². The maximum Gasteiger partial charge on any atom is 0.150 e. The second kappa shape index (κ2) is 8.87. The summed E-state index contributed by atoms with van der Waals surface area (Å²) in [6.07, 6.45) is 5.08. The topological polar surface area (TPSA) is 93.5 Å². The summed E-state index contributed by atoms with van der Waals surface area (Å²) >= 11 is 1.71. The van der Waals surface area contributed by atoms with Crippen molar-refractivity contribution in [2.45, 2.75) is 51.8 Å². The number of nitrogens with one attached hydrogen (secondary N) is 2. The number of fused-ring (bicyclic) bond motifs is 1. The van der Waals surface area contributed by atoms with E-state index in [2.05, 4.69) is 54.7 Å². The number of nitrogens with zero attached hydrogens (tertiary/aromatic N) is 3. The van der Waals surface area contributed by atoms with Crippen LogP contribution in [0.3, 0.4) is 0 Å². The van der Waals surface area contributed by atoms with Crippen molar-refractivity contribution < 1.29 is 14.6 Å². The summed E-state index contributed by atoms with van der Waals surface area (Å²) in [4.78, 5) is 6.03. The number of pyridine rings is 1. The molecule has 33 heavy (non-hydrogen) atoms. The van der Waals surface area contributed by atoms with E-state index < -0.39 is 0 Å². The monoisotopic (exact) mass is 471 g/mol. The van der Waals surface area contributed by atoms with Gasteiger partial charge in [-0.05, 0) is 52.2 Å². The molecule has 0 radical (unpaired) electrons. The van der Waals surface area contributed by atoms with Crippen LogP contribution in [0.5, 0.6) is 0 Å². The van der Waals surface area contributed by atoms with Crippen LogP contribution < -0.4 is 10.6 Å². The van der Waals surface area contributed by atoms with Crippen molar-refractivity contribution in [1.29, 1.82) is 0 Å². The normalized spacial score (nSPS) is 20.5. The number of hydrogen-bond donors (Lipinski definition) is 3. The Labute approximate surface area is 198 Å². The van der Waals surface area contributed by atoms with Crippen LogP contribution in [-0.4, -0.2) is 58.4 Å². The summed E-state index contributed by atoms with van der Waals surface area (Å²) in [6.45, 7) is 9.07. The van der Waals surface area contributed by atoms with Gasteiger partial charge in [0.25, 0.3) is 0 Å². The number of aliphatic hydroxyl groups excluding tert-OH is 1. The first-order valence-corrected chi connectivity index (χ1v) is 12.5. The number of thiophene rings is 1. The minimum Gasteiger partial charge on any atom is -0.396 e. The van der Waals surface area contributed by atoms with Crippen LogP contribution >= 0.6 is 11.3 Å². The predicted octanol–water partition coefficient (Wildman–Crippen LogP) is 4.49. The summed E-state index contributed by atoms with van der Waals surface area (Å²) < 4.78 is 14.5. The summed E-state index contributed by atoms with van der Waals surface area (Å²) in [6, 6.07) is 6.26. The Morgan fingerprint density at radius 1 is 1.27 bits per heavy atom. The van der Waals surface area contributed by atoms with Gasteiger partial charge in [0.2, 0.25) is 0 Å². The molecule has 3 aromatic heterocycles. The van der Waals surface area contributed by atoms with E-state index in [1.165, 1.54) is 0 Å². The molecule has 9 heteroatoms. The molecule has 5 heterocycles. The second-order valence-corrected chi connectivity index (χ2v) is 11.3. The molecule has 1 unspecified atom stereocenters. The van der Waals surface area contributed by atoms with Gasteiger partial charge < -0.3 is 25.2 Å². The zero-order valence-electron chi connectivity index (χ0n) is 19.6. The fraction of sp³-hybridized carbons (Fsp3) is 0.583. The van der Waals surface area contributed by atoms with Crippen molar-refractivity contribution >= 4 is 33.1 Å². The molecule has 0 saturated carbocycles. The molecular formula is C24H33N5O3S. The third-order valence-electron chi connectivity index (χ3n) is 6.14. The number of hydrogen-bond acceptors (Lipinski definition) is 8. The Morgan fingerprint density at radius 2 is 2.12 bits per heavy atom. The SMILES string of the molecule is CC(C)(C)Nc1cc(NCC2(CO)COC2)c2sc(-c3ccnn3C3CCCCO3)cc2n1. The molecule has 178 valence electrons. The Morgan fingerprint density at radius 3 is 2.79 bits per heavy atom. The van der Waals surface area contributed by atoms with Crippen molar-refractivity contribution in [2.24, 2.45) is 5.41 Å². The highest BCUT2D eigenvalue weighted by Gasteiger charge is 2.38. The third-order valence-corrected chi connectivity index (χ3v) is 7.32. The molecule has 1 atom stereocenters. The van der Waals surface area contributed by atoms with Crippen LogP contribution in [0.4, 0.5) is 11.5 Å². The van der Waals surface area contributed by atoms with Crippen LogP contribution in [0, 0.1) is 5.41 Å². The largest absolute Gasteiger partial charge is 0.396 e. The zero-order chi connectivity index (χ0) is 23.1. The molecule has 8 nitrogen and oxygen atoms in total. The summed E-state index contributed by atoms with van der Waals surface area (Å²) in [5, 5.41) is 21.5. The molecule has 3 N–H and O–H groups in total. The number of rotatable bonds is 7. The highest BCUT2D eigenvalue weighted by Crippen LogP contribution is 2.40. The first kappa shape index (κ1) is 22.6. The molecule has 2 aliphatic rings. The molecule has 2 aliphatic heterocycles. The van der Waals surface area contributed by atoms with Crippen molar-refractivity contribution in [1.82, 2.24) is 14.8 Å². The lowest BCUT2D eigenvalue weighted by Gasteiger charge is -2.40. The van der Waals surface area contributed by atoms with E-state index >= 15 is 0 Å². The van der Waals surface area contributed by atoms with Gasteiger partial charge in [-0.3, -0.25) is 0 Å². The lowest BCUT2D eigenvalue weighted by Crippen LogP contribution is -2.50. The van der Waals surface area contributed by atoms with Gasteiger partial charge in [0, 0.05) is 31.0 Å². The molecule has 0 bridgehead atoms. The molecule has 2 saturated heterocycles. The van der Waals surface area contributed by atoms with Crippen molar-refractivity contribution in [3.8, 4) is 10.6 Å². The Bertz CT molecular complexity index is 1100. The highest BCUT2D eigenvalue weighted by atomic mass is 32.1. The molecule has 3 aromatic rings. The molecule has 0 spiro atoms. The van der Waals surface area contributed by atoms with Crippen LogP contribution in [0.1, 0.15) is 46.3 Å². The van der Waals surface area contributed by atoms with E-state index in [1.807, 2.05) is 10.9 Å². The van der Waals surface area contributed by atoms with E-state index in [9.17, 15) is 5.11 Å². The van der Waals surface area contributed by atoms with Crippen LogP contribution in [0.25, 0.3) is 20.8 Å². The summed E-state index contributed by atoms with van der Waals surface area (Å²) in [5.74, 6) is 0.828. The maximum atomic E-state index is 9.86. The Hall–Kier alpha value is -2.20. The highest BCUT2D eigenvalue weighted by molar-refractivity contribution is 7.22. The van der Waals surface area contributed by atoms with Gasteiger partial charge in [0.1, 0.15) is 5.82 Å². The summed E-state index contributed by atoms with van der Waals surface area (Å²) in [7, 11) is 0. The third kappa shape index (κ3) is 4.73. The standard InChI is InChI=1S/C24H33N5O3S/c1-23(2,3)28-20-11-16(25-12-24(13-30)14-31-15-24)22-17(27-20)10-19(33-22)18-7-8-26-29(18)21-6-4-5-9-32-21/h7-8,10-11,21,30H,4-6,9,12-15H2,1-3H3,(H2,25,27,28). The molecule has 5 rings (SSSR count). The Kier molecular flexibility index (Phi) is 6.07. The lowest BCUT2D eigenvalue weighted by molar-refractivity contribution is -0.128. The van der Waals surface area contributed by atoms with E-state index in [0.29, 0.717) is 19.8 Å². The first-order chi connectivity index (χ1) is 15.9. The van der Waals surface area contributed by atoms with Gasteiger partial charge in [0.05, 0.1) is 51.7 Å². The van der Waals surface area contributed by atoms with E-state index in [4.69, 9.17) is 14.5 Å². The van der Waals surface area contributed by atoms with Crippen molar-refractivity contribution in [3.63, 3.8) is 0 Å². The van der Waals surface area contributed by atoms with Gasteiger partial charge in [0.15, 0.2) is 6.23 Å². The maximum absolute atomic E-state index is 9.86. The summed E-state index contributed by atoms with van der Waals surface area (Å²) in [5.41, 5.74) is 2.68. The fourth-order valence-electron chi connectivity index (χ4n) is 4.31. The molecule has 0 amide bonds. The lowest BCUT2D eigenvalue weighted by atomic mass is 9.87. The van der Waals surface area contributed by atoms with Crippen molar-refractivity contribution in [3.05, 3.63) is 24.4 Å². The quantitative estimate of drug-likeness (QED) is 0.467. The van der Waals surface area contributed by atoms with Crippen LogP contribution in [-0.2, 0) is 9.47 Å². The minimum absolute atomic E-state index is 0.0133. The number of anilines is 2. The average molecular weight is 472 g/mol. The number of ether oxygens (including phenoxy) is 2. The molecule has 0 aliphatic carbocycles. The second-order valence-electron chi connectivity index (χ2n) is 10.2. The van der Waals surface area contributed by atoms with Gasteiger partial charge in [-0.15, -0.1) is 11.3 Å². The van der Waals surface area contributed by atoms with Gasteiger partial charge in [-0.1, -0.05) is 0 Å². The van der Waals surface area contributed by atoms with Crippen molar-refractivity contribution in [2.75, 3.05) is 43.6 Å². The average Bonchev–Trinajstić information content (AvgIpc) is 3.39. The zero-order valence-corrected chi connectivity index (χ0v) is 20.4. The van der Waals surface area contributed by atoms with E-state index in [-0.39, 0.29) is 23.8 Å². The Balaban J connectivity index is 1.51. The molecule has 2 fully saturated rings. The molecule has 0 aromatic carbocycles.